The molecule has 2 heterocycles. The van der Waals surface area contributed by atoms with E-state index in [9.17, 15) is 23.5 Å². The number of fused-ring (bicyclic) bond motifs is 1. The quantitative estimate of drug-likeness (QED) is 0.491. The number of aromatic nitrogens is 2. The van der Waals surface area contributed by atoms with E-state index in [0.29, 0.717) is 41.9 Å². The van der Waals surface area contributed by atoms with Gasteiger partial charge in [-0.15, -0.1) is 0 Å². The maximum Gasteiger partial charge on any atom is 0.404 e. The van der Waals surface area contributed by atoms with Crippen molar-refractivity contribution in [3.05, 3.63) is 85.9 Å². The Hall–Kier alpha value is -3.17. The summed E-state index contributed by atoms with van der Waals surface area (Å²) < 4.78 is 30.3. The Kier molecular flexibility index (Phi) is 6.16. The second kappa shape index (κ2) is 9.05. The third-order valence-electron chi connectivity index (χ3n) is 7.36. The van der Waals surface area contributed by atoms with Crippen LogP contribution >= 0.6 is 23.2 Å². The summed E-state index contributed by atoms with van der Waals surface area (Å²) in [5, 5.41) is 12.1. The first kappa shape index (κ1) is 24.5. The SMILES string of the molecule is Cc1nc(N2CC[C@@H]3[C@H](C2)[C@@]3(CNC(=O)O)c2cc(F)ccc2F)cc(=O)n1-c1cccc(Cl)c1Cl. The minimum Gasteiger partial charge on any atom is -0.465 e. The number of amides is 1. The number of piperidine rings is 1. The molecule has 1 saturated carbocycles. The third kappa shape index (κ3) is 4.00. The van der Waals surface area contributed by atoms with Gasteiger partial charge in [0.25, 0.3) is 5.56 Å². The van der Waals surface area contributed by atoms with Crippen LogP contribution in [-0.4, -0.2) is 40.4 Å². The third-order valence-corrected chi connectivity index (χ3v) is 8.17. The molecule has 2 N–H and O–H groups in total. The van der Waals surface area contributed by atoms with Gasteiger partial charge < -0.3 is 15.3 Å². The molecule has 0 unspecified atom stereocenters. The van der Waals surface area contributed by atoms with Gasteiger partial charge in [0.15, 0.2) is 0 Å². The van der Waals surface area contributed by atoms with Gasteiger partial charge >= 0.3 is 6.09 Å². The Balaban J connectivity index is 1.47. The van der Waals surface area contributed by atoms with Gasteiger partial charge in [0.05, 0.1) is 15.7 Å². The van der Waals surface area contributed by atoms with E-state index in [1.54, 1.807) is 25.1 Å². The van der Waals surface area contributed by atoms with E-state index in [1.807, 2.05) is 4.90 Å². The predicted octanol–water partition coefficient (Wildman–Crippen LogP) is 4.79. The van der Waals surface area contributed by atoms with Crippen molar-refractivity contribution in [1.29, 1.82) is 0 Å². The van der Waals surface area contributed by atoms with Crippen LogP contribution in [0.25, 0.3) is 5.69 Å². The number of nitrogens with one attached hydrogen (secondary N) is 1. The highest BCUT2D eigenvalue weighted by molar-refractivity contribution is 6.43. The molecule has 1 amide bonds. The summed E-state index contributed by atoms with van der Waals surface area (Å²) >= 11 is 12.4. The summed E-state index contributed by atoms with van der Waals surface area (Å²) in [6.07, 6.45) is -0.626. The monoisotopic (exact) mass is 534 g/mol. The topological polar surface area (TPSA) is 87.5 Å². The standard InChI is InChI=1S/C25H22Cl2F2N4O3/c1-13-31-21(10-22(34)33(13)20-4-2-3-18(26)23(20)27)32-8-7-15-17(11-32)25(15,12-30-24(35)36)16-9-14(28)5-6-19(16)29/h2-6,9-10,15,17,30H,7-8,11-12H2,1H3,(H,35,36)/t15-,17+,25-/m1/s1. The first-order chi connectivity index (χ1) is 17.1. The van der Waals surface area contributed by atoms with Gasteiger partial charge in [-0.05, 0) is 61.1 Å². The zero-order valence-corrected chi connectivity index (χ0v) is 20.7. The summed E-state index contributed by atoms with van der Waals surface area (Å²) in [6.45, 7) is 2.60. The summed E-state index contributed by atoms with van der Waals surface area (Å²) in [6, 6.07) is 9.67. The zero-order chi connectivity index (χ0) is 25.8. The molecule has 1 aromatic heterocycles. The molecular formula is C25H22Cl2F2N4O3. The summed E-state index contributed by atoms with van der Waals surface area (Å²) in [5.41, 5.74) is -0.623. The number of carbonyl (C=O) groups is 1. The highest BCUT2D eigenvalue weighted by Gasteiger charge is 2.67. The van der Waals surface area contributed by atoms with Crippen LogP contribution in [0.15, 0.2) is 47.3 Å². The van der Waals surface area contributed by atoms with E-state index < -0.39 is 23.1 Å². The molecule has 188 valence electrons. The molecule has 3 atom stereocenters. The number of aryl methyl sites for hydroxylation is 1. The Morgan fingerprint density at radius 3 is 2.72 bits per heavy atom. The molecule has 7 nitrogen and oxygen atoms in total. The lowest BCUT2D eigenvalue weighted by atomic mass is 9.90. The number of nitrogens with zero attached hydrogens (tertiary/aromatic N) is 3. The fourth-order valence-electron chi connectivity index (χ4n) is 5.72. The van der Waals surface area contributed by atoms with E-state index in [4.69, 9.17) is 23.2 Å². The molecule has 11 heteroatoms. The summed E-state index contributed by atoms with van der Waals surface area (Å²) in [4.78, 5) is 30.9. The molecule has 0 bridgehead atoms. The largest absolute Gasteiger partial charge is 0.465 e. The molecule has 0 radical (unpaired) electrons. The number of hydrogen-bond donors (Lipinski definition) is 2. The molecule has 0 spiro atoms. The van der Waals surface area contributed by atoms with Crippen molar-refractivity contribution >= 4 is 35.1 Å². The van der Waals surface area contributed by atoms with E-state index >= 15 is 0 Å². The molecule has 1 aliphatic carbocycles. The van der Waals surface area contributed by atoms with Crippen molar-refractivity contribution in [2.24, 2.45) is 11.8 Å². The number of benzene rings is 2. The average molecular weight is 535 g/mol. The van der Waals surface area contributed by atoms with Crippen LogP contribution in [0.4, 0.5) is 19.4 Å². The Morgan fingerprint density at radius 1 is 1.22 bits per heavy atom. The van der Waals surface area contributed by atoms with Crippen molar-refractivity contribution in [2.45, 2.75) is 18.8 Å². The van der Waals surface area contributed by atoms with Crippen LogP contribution < -0.4 is 15.8 Å². The van der Waals surface area contributed by atoms with Gasteiger partial charge in [-0.2, -0.15) is 0 Å². The van der Waals surface area contributed by atoms with Gasteiger partial charge in [-0.1, -0.05) is 29.3 Å². The maximum atomic E-state index is 14.8. The van der Waals surface area contributed by atoms with Crippen LogP contribution in [0.5, 0.6) is 0 Å². The number of anilines is 1. The zero-order valence-electron chi connectivity index (χ0n) is 19.1. The Bertz CT molecular complexity index is 1430. The van der Waals surface area contributed by atoms with Crippen molar-refractivity contribution in [3.8, 4) is 5.69 Å². The Morgan fingerprint density at radius 2 is 2.00 bits per heavy atom. The highest BCUT2D eigenvalue weighted by atomic mass is 35.5. The van der Waals surface area contributed by atoms with Crippen LogP contribution in [0.3, 0.4) is 0 Å². The van der Waals surface area contributed by atoms with E-state index in [2.05, 4.69) is 10.3 Å². The smallest absolute Gasteiger partial charge is 0.404 e. The molecule has 3 aromatic rings. The molecule has 1 aliphatic heterocycles. The van der Waals surface area contributed by atoms with Crippen LogP contribution in [0.2, 0.25) is 10.0 Å². The number of hydrogen-bond acceptors (Lipinski definition) is 4. The average Bonchev–Trinajstić information content (AvgIpc) is 3.48. The van der Waals surface area contributed by atoms with Crippen molar-refractivity contribution in [1.82, 2.24) is 14.9 Å². The molecule has 2 fully saturated rings. The van der Waals surface area contributed by atoms with E-state index in [-0.39, 0.29) is 34.5 Å². The lowest BCUT2D eigenvalue weighted by Crippen LogP contribution is -2.36. The normalized spacial score (nSPS) is 22.8. The van der Waals surface area contributed by atoms with Crippen LogP contribution in [0.1, 0.15) is 17.8 Å². The number of halogens is 4. The highest BCUT2D eigenvalue weighted by Crippen LogP contribution is 2.63. The first-order valence-electron chi connectivity index (χ1n) is 11.4. The second-order valence-corrected chi connectivity index (χ2v) is 9.96. The van der Waals surface area contributed by atoms with Crippen molar-refractivity contribution < 1.29 is 18.7 Å². The second-order valence-electron chi connectivity index (χ2n) is 9.18. The Labute approximate surface area is 215 Å². The summed E-state index contributed by atoms with van der Waals surface area (Å²) in [7, 11) is 0. The lowest BCUT2D eigenvalue weighted by molar-refractivity contribution is 0.192. The molecule has 36 heavy (non-hydrogen) atoms. The van der Waals surface area contributed by atoms with Crippen molar-refractivity contribution in [2.75, 3.05) is 24.5 Å². The van der Waals surface area contributed by atoms with Gasteiger partial charge in [-0.3, -0.25) is 9.36 Å². The predicted molar refractivity (Wildman–Crippen MR) is 132 cm³/mol. The van der Waals surface area contributed by atoms with Gasteiger partial charge in [0.2, 0.25) is 0 Å². The molecular weight excluding hydrogens is 513 g/mol. The molecule has 5 rings (SSSR count). The van der Waals surface area contributed by atoms with Crippen LogP contribution in [-0.2, 0) is 5.41 Å². The summed E-state index contributed by atoms with van der Waals surface area (Å²) in [5.74, 6) is -0.474. The van der Waals surface area contributed by atoms with E-state index in [0.717, 1.165) is 18.2 Å². The fourth-order valence-corrected chi connectivity index (χ4v) is 6.10. The van der Waals surface area contributed by atoms with E-state index in [1.165, 1.54) is 10.6 Å². The first-order valence-corrected chi connectivity index (χ1v) is 12.1. The number of carboxylic acid groups (broad SMARTS) is 1. The minimum absolute atomic E-state index is 0.0345. The fraction of sp³-hybridized carbons (Fsp3) is 0.320. The van der Waals surface area contributed by atoms with Gasteiger partial charge in [-0.25, -0.2) is 18.6 Å². The molecule has 1 saturated heterocycles. The lowest BCUT2D eigenvalue weighted by Gasteiger charge is -2.28. The molecule has 2 aromatic carbocycles. The molecule has 2 aliphatic rings. The van der Waals surface area contributed by atoms with Crippen molar-refractivity contribution in [3.63, 3.8) is 0 Å². The van der Waals surface area contributed by atoms with Gasteiger partial charge in [0.1, 0.15) is 23.3 Å². The maximum absolute atomic E-state index is 14.8. The number of rotatable bonds is 5. The minimum atomic E-state index is -1.23. The van der Waals surface area contributed by atoms with Gasteiger partial charge in [0, 0.05) is 31.1 Å². The van der Waals surface area contributed by atoms with Crippen LogP contribution in [0, 0.1) is 30.4 Å².